The van der Waals surface area contributed by atoms with Crippen molar-refractivity contribution in [1.82, 2.24) is 15.0 Å². The van der Waals surface area contributed by atoms with Gasteiger partial charge in [-0.2, -0.15) is 0 Å². The highest BCUT2D eigenvalue weighted by Gasteiger charge is 2.07. The number of para-hydroxylation sites is 2. The Hall–Kier alpha value is -2.40. The number of hydrogen-bond donors (Lipinski definition) is 1. The van der Waals surface area contributed by atoms with Gasteiger partial charge in [0.15, 0.2) is 0 Å². The normalized spacial score (nSPS) is 10.6. The lowest BCUT2D eigenvalue weighted by molar-refractivity contribution is 0.613. The molecule has 1 N–H and O–H groups in total. The SMILES string of the molecule is Fc1ccc(Cl)cc1CNc1ccccc1-n1ccnn1. The van der Waals surface area contributed by atoms with E-state index in [9.17, 15) is 4.39 Å². The first-order valence-corrected chi connectivity index (χ1v) is 6.75. The van der Waals surface area contributed by atoms with Gasteiger partial charge in [-0.15, -0.1) is 5.10 Å². The molecule has 1 aromatic heterocycles. The standard InChI is InChI=1S/C15H12ClFN4/c16-12-5-6-13(17)11(9-12)10-18-14-3-1-2-4-15(14)21-8-7-19-20-21/h1-9,18H,10H2. The molecule has 0 fully saturated rings. The Labute approximate surface area is 126 Å². The molecule has 1 heterocycles. The van der Waals surface area contributed by atoms with Crippen LogP contribution in [0.3, 0.4) is 0 Å². The highest BCUT2D eigenvalue weighted by atomic mass is 35.5. The molecule has 0 aliphatic rings. The Bertz CT molecular complexity index is 743. The van der Waals surface area contributed by atoms with Gasteiger partial charge in [0.1, 0.15) is 5.82 Å². The molecule has 0 bridgehead atoms. The molecule has 0 aliphatic heterocycles. The van der Waals surface area contributed by atoms with E-state index in [0.717, 1.165) is 11.4 Å². The number of rotatable bonds is 4. The second-order valence-electron chi connectivity index (χ2n) is 4.45. The summed E-state index contributed by atoms with van der Waals surface area (Å²) < 4.78 is 15.4. The van der Waals surface area contributed by atoms with E-state index in [1.807, 2.05) is 24.3 Å². The zero-order chi connectivity index (χ0) is 14.7. The van der Waals surface area contributed by atoms with Crippen LogP contribution in [0.2, 0.25) is 5.02 Å². The maximum Gasteiger partial charge on any atom is 0.128 e. The minimum absolute atomic E-state index is 0.287. The first-order valence-electron chi connectivity index (χ1n) is 6.37. The van der Waals surface area contributed by atoms with Crippen molar-refractivity contribution in [2.45, 2.75) is 6.54 Å². The molecule has 106 valence electrons. The van der Waals surface area contributed by atoms with Gasteiger partial charge in [-0.3, -0.25) is 0 Å². The van der Waals surface area contributed by atoms with Gasteiger partial charge in [0.05, 0.1) is 23.8 Å². The minimum Gasteiger partial charge on any atom is -0.379 e. The summed E-state index contributed by atoms with van der Waals surface area (Å²) in [6.45, 7) is 0.331. The van der Waals surface area contributed by atoms with E-state index in [0.29, 0.717) is 17.1 Å². The number of nitrogens with zero attached hydrogens (tertiary/aromatic N) is 3. The molecule has 3 rings (SSSR count). The Morgan fingerprint density at radius 1 is 1.19 bits per heavy atom. The zero-order valence-electron chi connectivity index (χ0n) is 11.0. The Kier molecular flexibility index (Phi) is 3.83. The second kappa shape index (κ2) is 5.93. The first-order chi connectivity index (χ1) is 10.2. The summed E-state index contributed by atoms with van der Waals surface area (Å²) in [6.07, 6.45) is 3.36. The van der Waals surface area contributed by atoms with Crippen molar-refractivity contribution in [2.24, 2.45) is 0 Å². The molecule has 0 saturated carbocycles. The predicted octanol–water partition coefficient (Wildman–Crippen LogP) is 3.67. The number of anilines is 1. The summed E-state index contributed by atoms with van der Waals surface area (Å²) in [7, 11) is 0. The third-order valence-corrected chi connectivity index (χ3v) is 3.29. The van der Waals surface area contributed by atoms with Crippen molar-refractivity contribution in [3.8, 4) is 5.69 Å². The topological polar surface area (TPSA) is 42.7 Å². The van der Waals surface area contributed by atoms with Crippen molar-refractivity contribution in [3.05, 3.63) is 71.3 Å². The largest absolute Gasteiger partial charge is 0.379 e. The first kappa shape index (κ1) is 13.6. The maximum atomic E-state index is 13.7. The van der Waals surface area contributed by atoms with E-state index < -0.39 is 0 Å². The fourth-order valence-corrected chi connectivity index (χ4v) is 2.22. The second-order valence-corrected chi connectivity index (χ2v) is 4.89. The van der Waals surface area contributed by atoms with Crippen LogP contribution in [-0.4, -0.2) is 15.0 Å². The summed E-state index contributed by atoms with van der Waals surface area (Å²) in [6, 6.07) is 12.1. The molecule has 0 saturated heterocycles. The van der Waals surface area contributed by atoms with E-state index in [1.165, 1.54) is 12.1 Å². The van der Waals surface area contributed by atoms with E-state index in [2.05, 4.69) is 15.6 Å². The molecule has 0 spiro atoms. The van der Waals surface area contributed by atoms with Gasteiger partial charge in [0, 0.05) is 17.1 Å². The Morgan fingerprint density at radius 3 is 2.86 bits per heavy atom. The molecule has 0 amide bonds. The summed E-state index contributed by atoms with van der Waals surface area (Å²) in [5.41, 5.74) is 2.19. The summed E-state index contributed by atoms with van der Waals surface area (Å²) in [5, 5.41) is 11.5. The average molecular weight is 303 g/mol. The molecule has 21 heavy (non-hydrogen) atoms. The highest BCUT2D eigenvalue weighted by Crippen LogP contribution is 2.21. The van der Waals surface area contributed by atoms with E-state index in [4.69, 9.17) is 11.6 Å². The summed E-state index contributed by atoms with van der Waals surface area (Å²) in [4.78, 5) is 0. The van der Waals surface area contributed by atoms with Crippen LogP contribution in [0.1, 0.15) is 5.56 Å². The van der Waals surface area contributed by atoms with Crippen molar-refractivity contribution in [1.29, 1.82) is 0 Å². The smallest absolute Gasteiger partial charge is 0.128 e. The van der Waals surface area contributed by atoms with Gasteiger partial charge in [0.25, 0.3) is 0 Å². The molecule has 2 aromatic carbocycles. The molecule has 0 aliphatic carbocycles. The van der Waals surface area contributed by atoms with Crippen molar-refractivity contribution in [2.75, 3.05) is 5.32 Å². The molecule has 4 nitrogen and oxygen atoms in total. The number of halogens is 2. The molecule has 0 radical (unpaired) electrons. The molecule has 0 atom stereocenters. The van der Waals surface area contributed by atoms with Gasteiger partial charge in [0.2, 0.25) is 0 Å². The number of hydrogen-bond acceptors (Lipinski definition) is 3. The minimum atomic E-state index is -0.287. The number of aromatic nitrogens is 3. The molecule has 3 aromatic rings. The monoisotopic (exact) mass is 302 g/mol. The van der Waals surface area contributed by atoms with Gasteiger partial charge in [-0.1, -0.05) is 28.9 Å². The fraction of sp³-hybridized carbons (Fsp3) is 0.0667. The summed E-state index contributed by atoms with van der Waals surface area (Å²) in [5.74, 6) is -0.287. The zero-order valence-corrected chi connectivity index (χ0v) is 11.8. The lowest BCUT2D eigenvalue weighted by Crippen LogP contribution is -2.06. The van der Waals surface area contributed by atoms with Crippen LogP contribution in [0, 0.1) is 5.82 Å². The van der Waals surface area contributed by atoms with Crippen LogP contribution in [0.5, 0.6) is 0 Å². The third-order valence-electron chi connectivity index (χ3n) is 3.05. The van der Waals surface area contributed by atoms with E-state index >= 15 is 0 Å². The number of benzene rings is 2. The Morgan fingerprint density at radius 2 is 2.05 bits per heavy atom. The van der Waals surface area contributed by atoms with Crippen molar-refractivity contribution < 1.29 is 4.39 Å². The van der Waals surface area contributed by atoms with Crippen LogP contribution < -0.4 is 5.32 Å². The third kappa shape index (κ3) is 3.03. The molecular weight excluding hydrogens is 291 g/mol. The lowest BCUT2D eigenvalue weighted by Gasteiger charge is -2.12. The molecule has 6 heteroatoms. The number of nitrogens with one attached hydrogen (secondary N) is 1. The van der Waals surface area contributed by atoms with Gasteiger partial charge in [-0.05, 0) is 30.3 Å². The fourth-order valence-electron chi connectivity index (χ4n) is 2.03. The molecular formula is C15H12ClFN4. The van der Waals surface area contributed by atoms with E-state index in [1.54, 1.807) is 23.1 Å². The van der Waals surface area contributed by atoms with Crippen LogP contribution in [-0.2, 0) is 6.54 Å². The quantitative estimate of drug-likeness (QED) is 0.799. The van der Waals surface area contributed by atoms with Gasteiger partial charge in [-0.25, -0.2) is 9.07 Å². The van der Waals surface area contributed by atoms with Crippen LogP contribution in [0.15, 0.2) is 54.9 Å². The van der Waals surface area contributed by atoms with Crippen LogP contribution in [0.25, 0.3) is 5.69 Å². The lowest BCUT2D eigenvalue weighted by atomic mass is 10.2. The average Bonchev–Trinajstić information content (AvgIpc) is 3.03. The van der Waals surface area contributed by atoms with Crippen LogP contribution in [0.4, 0.5) is 10.1 Å². The maximum absolute atomic E-state index is 13.7. The summed E-state index contributed by atoms with van der Waals surface area (Å²) >= 11 is 5.89. The van der Waals surface area contributed by atoms with Crippen LogP contribution >= 0.6 is 11.6 Å². The van der Waals surface area contributed by atoms with Crippen molar-refractivity contribution in [3.63, 3.8) is 0 Å². The predicted molar refractivity (Wildman–Crippen MR) is 80.1 cm³/mol. The Balaban J connectivity index is 1.84. The van der Waals surface area contributed by atoms with Gasteiger partial charge >= 0.3 is 0 Å². The van der Waals surface area contributed by atoms with E-state index in [-0.39, 0.29) is 5.82 Å². The highest BCUT2D eigenvalue weighted by molar-refractivity contribution is 6.30. The van der Waals surface area contributed by atoms with Gasteiger partial charge < -0.3 is 5.32 Å². The molecule has 0 unspecified atom stereocenters. The van der Waals surface area contributed by atoms with Crippen molar-refractivity contribution >= 4 is 17.3 Å².